The maximum absolute atomic E-state index is 12.5. The monoisotopic (exact) mass is 315 g/mol. The summed E-state index contributed by atoms with van der Waals surface area (Å²) in [5, 5.41) is 0. The standard InChI is InChI=1S/C14H12F3NO2S/c1-10-4-2-3-5-13(10)18-21(19,20)12-8-6-11(7-9-12)14(15,16)17/h2-9,18H,1H3. The van der Waals surface area contributed by atoms with Gasteiger partial charge in [-0.05, 0) is 42.8 Å². The largest absolute Gasteiger partial charge is 0.416 e. The molecule has 0 unspecified atom stereocenters. The number of hydrogen-bond acceptors (Lipinski definition) is 2. The Hall–Kier alpha value is -2.02. The molecule has 0 spiro atoms. The van der Waals surface area contributed by atoms with Crippen LogP contribution in [0.15, 0.2) is 53.4 Å². The average molecular weight is 315 g/mol. The molecule has 0 aliphatic heterocycles. The molecule has 0 saturated heterocycles. The van der Waals surface area contributed by atoms with E-state index >= 15 is 0 Å². The van der Waals surface area contributed by atoms with Gasteiger partial charge in [0.05, 0.1) is 16.1 Å². The van der Waals surface area contributed by atoms with E-state index in [0.29, 0.717) is 11.3 Å². The molecule has 3 nitrogen and oxygen atoms in total. The van der Waals surface area contributed by atoms with Crippen LogP contribution in [0.25, 0.3) is 0 Å². The number of rotatable bonds is 3. The summed E-state index contributed by atoms with van der Waals surface area (Å²) < 4.78 is 63.9. The normalized spacial score (nSPS) is 12.2. The highest BCUT2D eigenvalue weighted by Gasteiger charge is 2.30. The lowest BCUT2D eigenvalue weighted by atomic mass is 10.2. The van der Waals surface area contributed by atoms with Crippen LogP contribution in [0.4, 0.5) is 18.9 Å². The Morgan fingerprint density at radius 2 is 1.52 bits per heavy atom. The van der Waals surface area contributed by atoms with Gasteiger partial charge in [0.15, 0.2) is 0 Å². The molecule has 112 valence electrons. The molecular weight excluding hydrogens is 303 g/mol. The third kappa shape index (κ3) is 3.55. The minimum absolute atomic E-state index is 0.223. The van der Waals surface area contributed by atoms with Crippen molar-refractivity contribution in [3.63, 3.8) is 0 Å². The van der Waals surface area contributed by atoms with Crippen molar-refractivity contribution in [3.05, 3.63) is 59.7 Å². The molecular formula is C14H12F3NO2S. The maximum atomic E-state index is 12.5. The van der Waals surface area contributed by atoms with Crippen LogP contribution in [0.5, 0.6) is 0 Å². The lowest BCUT2D eigenvalue weighted by Gasteiger charge is -2.11. The number of sulfonamides is 1. The Bertz CT molecular complexity index is 738. The zero-order chi connectivity index (χ0) is 15.7. The highest BCUT2D eigenvalue weighted by molar-refractivity contribution is 7.92. The van der Waals surface area contributed by atoms with Gasteiger partial charge in [-0.2, -0.15) is 13.2 Å². The topological polar surface area (TPSA) is 46.2 Å². The molecule has 0 atom stereocenters. The molecule has 0 heterocycles. The zero-order valence-electron chi connectivity index (χ0n) is 11.0. The van der Waals surface area contributed by atoms with Gasteiger partial charge < -0.3 is 0 Å². The number of nitrogens with one attached hydrogen (secondary N) is 1. The molecule has 0 radical (unpaired) electrons. The lowest BCUT2D eigenvalue weighted by molar-refractivity contribution is -0.137. The molecule has 2 aromatic rings. The summed E-state index contributed by atoms with van der Waals surface area (Å²) in [5.74, 6) is 0. The Balaban J connectivity index is 2.30. The van der Waals surface area contributed by atoms with Gasteiger partial charge in [0, 0.05) is 0 Å². The van der Waals surface area contributed by atoms with Crippen molar-refractivity contribution in [2.45, 2.75) is 18.0 Å². The molecule has 0 bridgehead atoms. The molecule has 7 heteroatoms. The van der Waals surface area contributed by atoms with Crippen LogP contribution < -0.4 is 4.72 Å². The summed E-state index contributed by atoms with van der Waals surface area (Å²) in [7, 11) is -3.92. The van der Waals surface area contributed by atoms with Gasteiger partial charge in [-0.15, -0.1) is 0 Å². The number of anilines is 1. The summed E-state index contributed by atoms with van der Waals surface area (Å²) >= 11 is 0. The fraction of sp³-hybridized carbons (Fsp3) is 0.143. The van der Waals surface area contributed by atoms with Crippen LogP contribution in [-0.2, 0) is 16.2 Å². The predicted octanol–water partition coefficient (Wildman–Crippen LogP) is 3.81. The summed E-state index contributed by atoms with van der Waals surface area (Å²) in [5.41, 5.74) is 0.211. The van der Waals surface area contributed by atoms with Crippen molar-refractivity contribution >= 4 is 15.7 Å². The van der Waals surface area contributed by atoms with E-state index < -0.39 is 21.8 Å². The predicted molar refractivity (Wildman–Crippen MR) is 73.4 cm³/mol. The minimum atomic E-state index is -4.49. The second kappa shape index (κ2) is 5.40. The molecule has 21 heavy (non-hydrogen) atoms. The molecule has 2 aromatic carbocycles. The Morgan fingerprint density at radius 3 is 2.05 bits per heavy atom. The van der Waals surface area contributed by atoms with Gasteiger partial charge in [-0.3, -0.25) is 4.72 Å². The highest BCUT2D eigenvalue weighted by atomic mass is 32.2. The summed E-state index contributed by atoms with van der Waals surface area (Å²) in [6.07, 6.45) is -4.49. The first kappa shape index (κ1) is 15.4. The summed E-state index contributed by atoms with van der Waals surface area (Å²) in [6, 6.07) is 10.1. The van der Waals surface area contributed by atoms with Crippen molar-refractivity contribution in [1.82, 2.24) is 0 Å². The van der Waals surface area contributed by atoms with Gasteiger partial charge in [-0.1, -0.05) is 18.2 Å². The van der Waals surface area contributed by atoms with Crippen molar-refractivity contribution in [1.29, 1.82) is 0 Å². The van der Waals surface area contributed by atoms with Crippen molar-refractivity contribution in [2.75, 3.05) is 4.72 Å². The van der Waals surface area contributed by atoms with E-state index in [4.69, 9.17) is 0 Å². The molecule has 0 aliphatic rings. The van der Waals surface area contributed by atoms with E-state index in [9.17, 15) is 21.6 Å². The van der Waals surface area contributed by atoms with Gasteiger partial charge >= 0.3 is 6.18 Å². The lowest BCUT2D eigenvalue weighted by Crippen LogP contribution is -2.14. The van der Waals surface area contributed by atoms with E-state index in [2.05, 4.69) is 4.72 Å². The number of alkyl halides is 3. The summed E-state index contributed by atoms with van der Waals surface area (Å²) in [6.45, 7) is 1.73. The Morgan fingerprint density at radius 1 is 0.952 bits per heavy atom. The minimum Gasteiger partial charge on any atom is -0.279 e. The zero-order valence-corrected chi connectivity index (χ0v) is 11.8. The number of aryl methyl sites for hydroxylation is 1. The molecule has 1 N–H and O–H groups in total. The van der Waals surface area contributed by atoms with Gasteiger partial charge in [0.25, 0.3) is 10.0 Å². The van der Waals surface area contributed by atoms with Gasteiger partial charge in [-0.25, -0.2) is 8.42 Å². The fourth-order valence-corrected chi connectivity index (χ4v) is 2.84. The van der Waals surface area contributed by atoms with E-state index in [1.54, 1.807) is 31.2 Å². The smallest absolute Gasteiger partial charge is 0.279 e. The van der Waals surface area contributed by atoms with Crippen LogP contribution >= 0.6 is 0 Å². The molecule has 0 fully saturated rings. The van der Waals surface area contributed by atoms with Crippen molar-refractivity contribution in [3.8, 4) is 0 Å². The van der Waals surface area contributed by atoms with Crippen LogP contribution in [-0.4, -0.2) is 8.42 Å². The first-order valence-corrected chi connectivity index (χ1v) is 7.44. The van der Waals surface area contributed by atoms with Crippen LogP contribution in [0.3, 0.4) is 0 Å². The maximum Gasteiger partial charge on any atom is 0.416 e. The Kier molecular flexibility index (Phi) is 3.95. The quantitative estimate of drug-likeness (QED) is 0.936. The molecule has 2 rings (SSSR count). The van der Waals surface area contributed by atoms with Gasteiger partial charge in [0.2, 0.25) is 0 Å². The highest BCUT2D eigenvalue weighted by Crippen LogP contribution is 2.30. The van der Waals surface area contributed by atoms with Crippen LogP contribution in [0.2, 0.25) is 0 Å². The average Bonchev–Trinajstić information content (AvgIpc) is 2.40. The number of para-hydroxylation sites is 1. The van der Waals surface area contributed by atoms with Crippen LogP contribution in [0.1, 0.15) is 11.1 Å². The van der Waals surface area contributed by atoms with E-state index in [1.807, 2.05) is 0 Å². The Labute approximate surface area is 120 Å². The third-order valence-electron chi connectivity index (χ3n) is 2.88. The third-order valence-corrected chi connectivity index (χ3v) is 4.26. The van der Waals surface area contributed by atoms with E-state index in [1.165, 1.54) is 0 Å². The van der Waals surface area contributed by atoms with E-state index in [0.717, 1.165) is 24.3 Å². The SMILES string of the molecule is Cc1ccccc1NS(=O)(=O)c1ccc(C(F)(F)F)cc1. The van der Waals surface area contributed by atoms with Crippen molar-refractivity contribution in [2.24, 2.45) is 0 Å². The molecule has 0 saturated carbocycles. The van der Waals surface area contributed by atoms with E-state index in [-0.39, 0.29) is 4.90 Å². The molecule has 0 amide bonds. The van der Waals surface area contributed by atoms with Gasteiger partial charge in [0.1, 0.15) is 0 Å². The second-order valence-corrected chi connectivity index (χ2v) is 6.12. The second-order valence-electron chi connectivity index (χ2n) is 4.44. The number of halogens is 3. The molecule has 0 aliphatic carbocycles. The summed E-state index contributed by atoms with van der Waals surface area (Å²) in [4.78, 5) is -0.223. The fourth-order valence-electron chi connectivity index (χ4n) is 1.71. The molecule has 0 aromatic heterocycles. The first-order valence-electron chi connectivity index (χ1n) is 5.96. The number of hydrogen-bond donors (Lipinski definition) is 1. The number of benzene rings is 2. The van der Waals surface area contributed by atoms with Crippen LogP contribution in [0, 0.1) is 6.92 Å². The first-order chi connectivity index (χ1) is 9.70. The van der Waals surface area contributed by atoms with Crippen molar-refractivity contribution < 1.29 is 21.6 Å².